The van der Waals surface area contributed by atoms with Crippen LogP contribution in [0.25, 0.3) is 0 Å². The van der Waals surface area contributed by atoms with Gasteiger partial charge in [0.05, 0.1) is 5.92 Å². The molecule has 3 heteroatoms. The van der Waals surface area contributed by atoms with E-state index in [1.807, 2.05) is 42.5 Å². The molecule has 1 aliphatic rings. The van der Waals surface area contributed by atoms with E-state index in [1.165, 1.54) is 5.56 Å². The molecule has 1 N–H and O–H groups in total. The third-order valence-electron chi connectivity index (χ3n) is 4.35. The van der Waals surface area contributed by atoms with Crippen LogP contribution in [0, 0.1) is 0 Å². The molecule has 0 saturated heterocycles. The van der Waals surface area contributed by atoms with Crippen LogP contribution in [-0.4, -0.2) is 22.5 Å². The van der Waals surface area contributed by atoms with E-state index < -0.39 is 11.9 Å². The summed E-state index contributed by atoms with van der Waals surface area (Å²) in [5.41, 5.74) is 3.31. The second kappa shape index (κ2) is 5.70. The van der Waals surface area contributed by atoms with Crippen LogP contribution in [0.4, 0.5) is 0 Å². The van der Waals surface area contributed by atoms with Gasteiger partial charge in [0.25, 0.3) is 0 Å². The zero-order valence-electron chi connectivity index (χ0n) is 12.1. The number of benzene rings is 2. The molecular weight excluding hydrogens is 262 g/mol. The smallest absolute Gasteiger partial charge is 0.312 e. The monoisotopic (exact) mass is 281 g/mol. The Hall–Kier alpha value is -2.13. The minimum absolute atomic E-state index is 0.210. The van der Waals surface area contributed by atoms with Gasteiger partial charge in [-0.3, -0.25) is 9.69 Å². The summed E-state index contributed by atoms with van der Waals surface area (Å²) in [5, 5.41) is 9.53. The van der Waals surface area contributed by atoms with Crippen LogP contribution in [0.15, 0.2) is 54.6 Å². The Morgan fingerprint density at radius 1 is 1.14 bits per heavy atom. The van der Waals surface area contributed by atoms with E-state index in [-0.39, 0.29) is 6.04 Å². The highest BCUT2D eigenvalue weighted by Gasteiger charge is 2.32. The highest BCUT2D eigenvalue weighted by atomic mass is 16.4. The lowest BCUT2D eigenvalue weighted by Gasteiger charge is -2.37. The van der Waals surface area contributed by atoms with Crippen molar-refractivity contribution in [1.82, 2.24) is 4.90 Å². The summed E-state index contributed by atoms with van der Waals surface area (Å²) in [5.74, 6) is -1.19. The van der Waals surface area contributed by atoms with Crippen molar-refractivity contribution in [1.29, 1.82) is 0 Å². The number of carboxylic acid groups (broad SMARTS) is 1. The lowest BCUT2D eigenvalue weighted by molar-refractivity contribution is -0.139. The summed E-state index contributed by atoms with van der Waals surface area (Å²) in [4.78, 5) is 13.8. The number of fused-ring (bicyclic) bond motifs is 1. The van der Waals surface area contributed by atoms with E-state index in [0.717, 1.165) is 17.7 Å². The molecule has 3 rings (SSSR count). The van der Waals surface area contributed by atoms with Gasteiger partial charge in [-0.15, -0.1) is 0 Å². The molecular formula is C18H19NO2. The first kappa shape index (κ1) is 13.8. The fourth-order valence-corrected chi connectivity index (χ4v) is 3.08. The van der Waals surface area contributed by atoms with Gasteiger partial charge in [-0.05, 0) is 23.6 Å². The summed E-state index contributed by atoms with van der Waals surface area (Å²) < 4.78 is 0. The number of carboxylic acids is 1. The van der Waals surface area contributed by atoms with Crippen molar-refractivity contribution in [2.75, 3.05) is 6.54 Å². The molecule has 1 heterocycles. The molecule has 108 valence electrons. The molecule has 3 nitrogen and oxygen atoms in total. The maximum atomic E-state index is 11.6. The van der Waals surface area contributed by atoms with Gasteiger partial charge in [0.1, 0.15) is 0 Å². The molecule has 0 radical (unpaired) electrons. The number of carbonyl (C=O) groups is 1. The normalized spacial score (nSPS) is 19.8. The van der Waals surface area contributed by atoms with Crippen LogP contribution in [0.1, 0.15) is 35.6 Å². The molecule has 2 unspecified atom stereocenters. The van der Waals surface area contributed by atoms with Crippen LogP contribution in [-0.2, 0) is 11.3 Å². The third kappa shape index (κ3) is 2.69. The van der Waals surface area contributed by atoms with Crippen LogP contribution in [0.5, 0.6) is 0 Å². The molecule has 0 aromatic heterocycles. The molecule has 2 aromatic rings. The molecule has 0 amide bonds. The number of hydrogen-bond acceptors (Lipinski definition) is 2. The van der Waals surface area contributed by atoms with Crippen molar-refractivity contribution in [3.8, 4) is 0 Å². The summed E-state index contributed by atoms with van der Waals surface area (Å²) >= 11 is 0. The molecule has 2 atom stereocenters. The number of aliphatic carboxylic acids is 1. The average Bonchev–Trinajstić information content (AvgIpc) is 2.53. The Morgan fingerprint density at radius 2 is 1.81 bits per heavy atom. The van der Waals surface area contributed by atoms with E-state index in [0.29, 0.717) is 6.54 Å². The first-order chi connectivity index (χ1) is 10.2. The third-order valence-corrected chi connectivity index (χ3v) is 4.35. The minimum atomic E-state index is -0.743. The fourth-order valence-electron chi connectivity index (χ4n) is 3.08. The summed E-state index contributed by atoms with van der Waals surface area (Å²) in [7, 11) is 0. The quantitative estimate of drug-likeness (QED) is 0.937. The van der Waals surface area contributed by atoms with E-state index in [4.69, 9.17) is 0 Å². The van der Waals surface area contributed by atoms with Gasteiger partial charge in [0, 0.05) is 19.1 Å². The van der Waals surface area contributed by atoms with Gasteiger partial charge in [-0.1, -0.05) is 54.6 Å². The topological polar surface area (TPSA) is 40.5 Å². The van der Waals surface area contributed by atoms with Crippen LogP contribution in [0.2, 0.25) is 0 Å². The SMILES string of the molecule is CC(c1ccccc1)N1Cc2ccccc2C(C(=O)O)C1. The first-order valence-corrected chi connectivity index (χ1v) is 7.26. The average molecular weight is 281 g/mol. The largest absolute Gasteiger partial charge is 0.481 e. The van der Waals surface area contributed by atoms with E-state index >= 15 is 0 Å². The van der Waals surface area contributed by atoms with Gasteiger partial charge >= 0.3 is 5.97 Å². The Kier molecular flexibility index (Phi) is 3.76. The highest BCUT2D eigenvalue weighted by Crippen LogP contribution is 2.33. The summed E-state index contributed by atoms with van der Waals surface area (Å²) in [6, 6.07) is 18.3. The molecule has 0 bridgehead atoms. The zero-order valence-corrected chi connectivity index (χ0v) is 12.1. The van der Waals surface area contributed by atoms with Crippen LogP contribution in [0.3, 0.4) is 0 Å². The number of nitrogens with zero attached hydrogens (tertiary/aromatic N) is 1. The Morgan fingerprint density at radius 3 is 2.52 bits per heavy atom. The van der Waals surface area contributed by atoms with E-state index in [1.54, 1.807) is 0 Å². The lowest BCUT2D eigenvalue weighted by atomic mass is 9.88. The van der Waals surface area contributed by atoms with Crippen LogP contribution < -0.4 is 0 Å². The van der Waals surface area contributed by atoms with E-state index in [9.17, 15) is 9.90 Å². The van der Waals surface area contributed by atoms with Gasteiger partial charge in [-0.25, -0.2) is 0 Å². The minimum Gasteiger partial charge on any atom is -0.481 e. The summed E-state index contributed by atoms with van der Waals surface area (Å²) in [6.07, 6.45) is 0. The van der Waals surface area contributed by atoms with Gasteiger partial charge in [0.2, 0.25) is 0 Å². The van der Waals surface area contributed by atoms with Gasteiger partial charge in [0.15, 0.2) is 0 Å². The molecule has 0 spiro atoms. The maximum Gasteiger partial charge on any atom is 0.312 e. The predicted octanol–water partition coefficient (Wildman–Crippen LogP) is 3.43. The number of rotatable bonds is 3. The Labute approximate surface area is 124 Å². The van der Waals surface area contributed by atoms with Crippen molar-refractivity contribution >= 4 is 5.97 Å². The molecule has 0 fully saturated rings. The molecule has 2 aromatic carbocycles. The first-order valence-electron chi connectivity index (χ1n) is 7.26. The van der Waals surface area contributed by atoms with Crippen molar-refractivity contribution in [3.63, 3.8) is 0 Å². The Bertz CT molecular complexity index is 639. The van der Waals surface area contributed by atoms with Gasteiger partial charge in [-0.2, -0.15) is 0 Å². The maximum absolute atomic E-state index is 11.6. The van der Waals surface area contributed by atoms with Crippen molar-refractivity contribution < 1.29 is 9.90 Å². The van der Waals surface area contributed by atoms with Crippen molar-refractivity contribution in [2.24, 2.45) is 0 Å². The fraction of sp³-hybridized carbons (Fsp3) is 0.278. The summed E-state index contributed by atoms with van der Waals surface area (Å²) in [6.45, 7) is 3.50. The standard InChI is InChI=1S/C18H19NO2/c1-13(14-7-3-2-4-8-14)19-11-15-9-5-6-10-16(15)17(12-19)18(20)21/h2-10,13,17H,11-12H2,1H3,(H,20,21). The second-order valence-corrected chi connectivity index (χ2v) is 5.61. The van der Waals surface area contributed by atoms with E-state index in [2.05, 4.69) is 24.0 Å². The molecule has 1 aliphatic heterocycles. The highest BCUT2D eigenvalue weighted by molar-refractivity contribution is 5.77. The number of hydrogen-bond donors (Lipinski definition) is 1. The molecule has 21 heavy (non-hydrogen) atoms. The second-order valence-electron chi connectivity index (χ2n) is 5.61. The van der Waals surface area contributed by atoms with Crippen LogP contribution >= 0.6 is 0 Å². The lowest BCUT2D eigenvalue weighted by Crippen LogP contribution is -2.38. The Balaban J connectivity index is 1.91. The zero-order chi connectivity index (χ0) is 14.8. The predicted molar refractivity (Wildman–Crippen MR) is 82.1 cm³/mol. The molecule has 0 aliphatic carbocycles. The van der Waals surface area contributed by atoms with Gasteiger partial charge < -0.3 is 5.11 Å². The van der Waals surface area contributed by atoms with Crippen molar-refractivity contribution in [3.05, 3.63) is 71.3 Å². The van der Waals surface area contributed by atoms with Crippen molar-refractivity contribution in [2.45, 2.75) is 25.4 Å². The molecule has 0 saturated carbocycles.